The van der Waals surface area contributed by atoms with E-state index < -0.39 is 5.60 Å². The smallest absolute Gasteiger partial charge is 0.119 e. The summed E-state index contributed by atoms with van der Waals surface area (Å²) in [6, 6.07) is 13.5. The van der Waals surface area contributed by atoms with Gasteiger partial charge >= 0.3 is 0 Å². The van der Waals surface area contributed by atoms with Crippen LogP contribution in [0.1, 0.15) is 28.7 Å². The highest BCUT2D eigenvalue weighted by atomic mass is 35.5. The van der Waals surface area contributed by atoms with Gasteiger partial charge in [-0.25, -0.2) is 0 Å². The normalized spacial score (nSPS) is 19.9. The first-order valence-electron chi connectivity index (χ1n) is 6.56. The van der Waals surface area contributed by atoms with Gasteiger partial charge in [-0.1, -0.05) is 60.2 Å². The predicted octanol–water partition coefficient (Wildman–Crippen LogP) is 4.64. The third kappa shape index (κ3) is 2.00. The lowest BCUT2D eigenvalue weighted by atomic mass is 9.81. The van der Waals surface area contributed by atoms with Crippen molar-refractivity contribution in [1.29, 1.82) is 0 Å². The van der Waals surface area contributed by atoms with E-state index in [-0.39, 0.29) is 0 Å². The van der Waals surface area contributed by atoms with Crippen molar-refractivity contribution in [2.45, 2.75) is 12.0 Å². The molecule has 1 unspecified atom stereocenters. The van der Waals surface area contributed by atoms with Crippen molar-refractivity contribution in [2.75, 3.05) is 0 Å². The Balaban J connectivity index is 2.33. The first-order chi connectivity index (χ1) is 9.65. The molecule has 0 spiro atoms. The Labute approximate surface area is 123 Å². The lowest BCUT2D eigenvalue weighted by molar-refractivity contribution is 0.0840. The summed E-state index contributed by atoms with van der Waals surface area (Å²) in [6.07, 6.45) is 6.23. The molecule has 1 atom stereocenters. The van der Waals surface area contributed by atoms with Gasteiger partial charge in [0, 0.05) is 11.4 Å². The molecule has 0 saturated heterocycles. The zero-order valence-electron chi connectivity index (χ0n) is 11.0. The van der Waals surface area contributed by atoms with Gasteiger partial charge in [0.15, 0.2) is 0 Å². The molecule has 0 fully saturated rings. The van der Waals surface area contributed by atoms with E-state index in [1.54, 1.807) is 6.08 Å². The van der Waals surface area contributed by atoms with Crippen LogP contribution in [0.25, 0.3) is 12.2 Å². The number of hydrogen-bond donors (Lipinski definition) is 1. The summed E-state index contributed by atoms with van der Waals surface area (Å²) in [5.74, 6) is 0. The average molecular weight is 283 g/mol. The second kappa shape index (κ2) is 4.93. The van der Waals surface area contributed by atoms with E-state index >= 15 is 0 Å². The van der Waals surface area contributed by atoms with Crippen molar-refractivity contribution < 1.29 is 5.11 Å². The molecule has 1 aliphatic carbocycles. The van der Waals surface area contributed by atoms with Crippen molar-refractivity contribution in [3.8, 4) is 0 Å². The number of fused-ring (bicyclic) bond motifs is 2. The lowest BCUT2D eigenvalue weighted by Crippen LogP contribution is -2.28. The Morgan fingerprint density at radius 2 is 1.75 bits per heavy atom. The van der Waals surface area contributed by atoms with Crippen LogP contribution in [-0.4, -0.2) is 5.11 Å². The highest BCUT2D eigenvalue weighted by Gasteiger charge is 2.34. The molecule has 2 heteroatoms. The highest BCUT2D eigenvalue weighted by Crippen LogP contribution is 2.41. The van der Waals surface area contributed by atoms with Gasteiger partial charge in [0.2, 0.25) is 0 Å². The van der Waals surface area contributed by atoms with Gasteiger partial charge in [0.05, 0.1) is 0 Å². The first-order valence-corrected chi connectivity index (χ1v) is 6.94. The maximum Gasteiger partial charge on any atom is 0.119 e. The summed E-state index contributed by atoms with van der Waals surface area (Å²) < 4.78 is 0. The molecular formula is C18H15ClO. The quantitative estimate of drug-likeness (QED) is 0.796. The molecule has 20 heavy (non-hydrogen) atoms. The molecule has 0 saturated carbocycles. The fraction of sp³-hybridized carbons (Fsp3) is 0.111. The highest BCUT2D eigenvalue weighted by molar-refractivity contribution is 6.30. The minimum Gasteiger partial charge on any atom is -0.380 e. The van der Waals surface area contributed by atoms with Crippen LogP contribution >= 0.6 is 11.6 Å². The molecule has 0 bridgehead atoms. The molecule has 0 amide bonds. The van der Waals surface area contributed by atoms with Crippen LogP contribution < -0.4 is 0 Å². The molecule has 3 rings (SSSR count). The van der Waals surface area contributed by atoms with E-state index in [9.17, 15) is 5.11 Å². The first kappa shape index (κ1) is 13.2. The van der Waals surface area contributed by atoms with E-state index in [1.807, 2.05) is 54.6 Å². The molecule has 0 aliphatic heterocycles. The maximum atomic E-state index is 11.3. The largest absolute Gasteiger partial charge is 0.380 e. The second-order valence-corrected chi connectivity index (χ2v) is 5.44. The SMILES string of the molecule is C=CCC1(O)c2ccccc2C=Cc2cc(Cl)ccc21. The van der Waals surface area contributed by atoms with Crippen LogP contribution in [0.5, 0.6) is 0 Å². The fourth-order valence-electron chi connectivity index (χ4n) is 2.82. The van der Waals surface area contributed by atoms with Gasteiger partial charge in [-0.05, 0) is 34.4 Å². The number of hydrogen-bond acceptors (Lipinski definition) is 1. The van der Waals surface area contributed by atoms with Crippen LogP contribution in [0.15, 0.2) is 55.1 Å². The predicted molar refractivity (Wildman–Crippen MR) is 84.6 cm³/mol. The van der Waals surface area contributed by atoms with Gasteiger partial charge in [0.25, 0.3) is 0 Å². The number of benzene rings is 2. The maximum absolute atomic E-state index is 11.3. The summed E-state index contributed by atoms with van der Waals surface area (Å²) >= 11 is 6.08. The van der Waals surface area contributed by atoms with Gasteiger partial charge < -0.3 is 5.11 Å². The summed E-state index contributed by atoms with van der Waals surface area (Å²) in [6.45, 7) is 3.79. The average Bonchev–Trinajstić information content (AvgIpc) is 2.56. The molecule has 0 radical (unpaired) electrons. The van der Waals surface area contributed by atoms with Gasteiger partial charge in [-0.2, -0.15) is 0 Å². The summed E-state index contributed by atoms with van der Waals surface area (Å²) in [4.78, 5) is 0. The van der Waals surface area contributed by atoms with E-state index in [0.717, 1.165) is 22.3 Å². The molecule has 0 aromatic heterocycles. The van der Waals surface area contributed by atoms with Crippen LogP contribution in [0, 0.1) is 0 Å². The van der Waals surface area contributed by atoms with Crippen LogP contribution in [0.4, 0.5) is 0 Å². The summed E-state index contributed by atoms with van der Waals surface area (Å²) in [5.41, 5.74) is 2.66. The van der Waals surface area contributed by atoms with Crippen molar-refractivity contribution in [1.82, 2.24) is 0 Å². The van der Waals surface area contributed by atoms with E-state index in [0.29, 0.717) is 11.4 Å². The summed E-state index contributed by atoms with van der Waals surface area (Å²) in [7, 11) is 0. The van der Waals surface area contributed by atoms with Crippen LogP contribution in [0.2, 0.25) is 5.02 Å². The third-order valence-corrected chi connectivity index (χ3v) is 3.98. The van der Waals surface area contributed by atoms with Gasteiger partial charge in [-0.3, -0.25) is 0 Å². The monoisotopic (exact) mass is 282 g/mol. The Bertz CT molecular complexity index is 702. The van der Waals surface area contributed by atoms with E-state index in [1.165, 1.54) is 0 Å². The van der Waals surface area contributed by atoms with Crippen molar-refractivity contribution in [3.05, 3.63) is 82.4 Å². The van der Waals surface area contributed by atoms with Crippen molar-refractivity contribution in [3.63, 3.8) is 0 Å². The molecular weight excluding hydrogens is 268 g/mol. The minimum atomic E-state index is -1.07. The summed E-state index contributed by atoms with van der Waals surface area (Å²) in [5, 5.41) is 12.0. The Kier molecular flexibility index (Phi) is 3.25. The van der Waals surface area contributed by atoms with Gasteiger partial charge in [0.1, 0.15) is 5.60 Å². The molecule has 2 aromatic rings. The van der Waals surface area contributed by atoms with E-state index in [4.69, 9.17) is 11.6 Å². The molecule has 1 nitrogen and oxygen atoms in total. The zero-order valence-corrected chi connectivity index (χ0v) is 11.8. The number of halogens is 1. The van der Waals surface area contributed by atoms with Crippen LogP contribution in [-0.2, 0) is 5.60 Å². The number of rotatable bonds is 2. The minimum absolute atomic E-state index is 0.459. The zero-order chi connectivity index (χ0) is 14.2. The Morgan fingerprint density at radius 1 is 1.05 bits per heavy atom. The van der Waals surface area contributed by atoms with Crippen molar-refractivity contribution in [2.24, 2.45) is 0 Å². The molecule has 1 aliphatic rings. The standard InChI is InChI=1S/C18H15ClO/c1-2-11-18(20)16-6-4-3-5-13(16)7-8-14-12-15(19)9-10-17(14)18/h2-10,12,20H,1,11H2. The van der Waals surface area contributed by atoms with Crippen molar-refractivity contribution >= 4 is 23.8 Å². The third-order valence-electron chi connectivity index (χ3n) is 3.75. The Hall–Kier alpha value is -1.83. The topological polar surface area (TPSA) is 20.2 Å². The number of aliphatic hydroxyl groups is 1. The van der Waals surface area contributed by atoms with E-state index in [2.05, 4.69) is 6.58 Å². The molecule has 1 N–H and O–H groups in total. The fourth-order valence-corrected chi connectivity index (χ4v) is 3.00. The van der Waals surface area contributed by atoms with Gasteiger partial charge in [-0.15, -0.1) is 6.58 Å². The Morgan fingerprint density at radius 3 is 2.55 bits per heavy atom. The molecule has 2 aromatic carbocycles. The lowest BCUT2D eigenvalue weighted by Gasteiger charge is -2.30. The molecule has 0 heterocycles. The second-order valence-electron chi connectivity index (χ2n) is 5.01. The van der Waals surface area contributed by atoms with Crippen LogP contribution in [0.3, 0.4) is 0 Å². The molecule has 100 valence electrons.